The third-order valence-electron chi connectivity index (χ3n) is 3.85. The number of hydrogen-bond donors (Lipinski definition) is 0. The molecule has 0 bridgehead atoms. The summed E-state index contributed by atoms with van der Waals surface area (Å²) in [5, 5.41) is 19.1. The topological polar surface area (TPSA) is 66.0 Å². The maximum absolute atomic E-state index is 9.54. The van der Waals surface area contributed by atoms with E-state index in [1.807, 2.05) is 72.8 Å². The van der Waals surface area contributed by atoms with Crippen molar-refractivity contribution >= 4 is 5.57 Å². The number of nitriles is 2. The minimum absolute atomic E-state index is 0.449. The Hall–Kier alpha value is -3.08. The zero-order valence-corrected chi connectivity index (χ0v) is 12.6. The maximum Gasteiger partial charge on any atom is 0.268 e. The summed E-state index contributed by atoms with van der Waals surface area (Å²) < 4.78 is 11.0. The lowest BCUT2D eigenvalue weighted by Crippen LogP contribution is -2.26. The van der Waals surface area contributed by atoms with Gasteiger partial charge in [0.1, 0.15) is 24.0 Å². The molecule has 1 aliphatic rings. The van der Waals surface area contributed by atoms with Crippen molar-refractivity contribution in [2.24, 2.45) is 0 Å². The Morgan fingerprint density at radius 3 is 2.22 bits per heavy atom. The second kappa shape index (κ2) is 5.96. The molecule has 0 saturated heterocycles. The Kier molecular flexibility index (Phi) is 3.85. The van der Waals surface area contributed by atoms with Crippen molar-refractivity contribution < 1.29 is 9.47 Å². The maximum atomic E-state index is 9.54. The van der Waals surface area contributed by atoms with Crippen LogP contribution >= 0.6 is 0 Å². The zero-order valence-electron chi connectivity index (χ0n) is 12.6. The van der Waals surface area contributed by atoms with Crippen LogP contribution in [0.15, 0.2) is 60.7 Å². The first-order chi connectivity index (χ1) is 11.2. The predicted octanol–water partition coefficient (Wildman–Crippen LogP) is 3.64. The molecule has 4 heteroatoms. The monoisotopic (exact) mass is 302 g/mol. The fraction of sp³-hybridized carbons (Fsp3) is 0.158. The van der Waals surface area contributed by atoms with Gasteiger partial charge in [0, 0.05) is 5.57 Å². The molecule has 0 N–H and O–H groups in total. The number of methoxy groups -OCH3 is 1. The summed E-state index contributed by atoms with van der Waals surface area (Å²) in [4.78, 5) is 0. The lowest BCUT2D eigenvalue weighted by molar-refractivity contribution is 0.0527. The van der Waals surface area contributed by atoms with Gasteiger partial charge in [-0.15, -0.1) is 0 Å². The molecule has 0 aromatic heterocycles. The number of hydrogen-bond acceptors (Lipinski definition) is 4. The van der Waals surface area contributed by atoms with Gasteiger partial charge in [0.25, 0.3) is 5.60 Å². The average Bonchev–Trinajstić information content (AvgIpc) is 3.03. The van der Waals surface area contributed by atoms with Gasteiger partial charge in [0.05, 0.1) is 7.11 Å². The van der Waals surface area contributed by atoms with Gasteiger partial charge >= 0.3 is 0 Å². The summed E-state index contributed by atoms with van der Waals surface area (Å²) in [6.07, 6.45) is 1.39. The highest BCUT2D eigenvalue weighted by Gasteiger charge is 2.44. The van der Waals surface area contributed by atoms with Crippen LogP contribution in [0, 0.1) is 22.7 Å². The summed E-state index contributed by atoms with van der Waals surface area (Å²) in [5.74, 6) is 0.742. The molecule has 4 nitrogen and oxygen atoms in total. The fourth-order valence-electron chi connectivity index (χ4n) is 2.63. The normalized spacial score (nSPS) is 18.6. The summed E-state index contributed by atoms with van der Waals surface area (Å²) in [7, 11) is 1.60. The van der Waals surface area contributed by atoms with Gasteiger partial charge < -0.3 is 9.47 Å². The van der Waals surface area contributed by atoms with Crippen LogP contribution in [0.1, 0.15) is 17.2 Å². The number of rotatable bonds is 3. The Balaban J connectivity index is 2.03. The van der Waals surface area contributed by atoms with Gasteiger partial charge in [-0.05, 0) is 29.3 Å². The van der Waals surface area contributed by atoms with Crippen LogP contribution in [0.2, 0.25) is 0 Å². The molecule has 1 atom stereocenters. The van der Waals surface area contributed by atoms with E-state index in [9.17, 15) is 10.5 Å². The molecule has 3 rings (SSSR count). The highest BCUT2D eigenvalue weighted by atomic mass is 16.5. The van der Waals surface area contributed by atoms with Crippen LogP contribution in [0.3, 0.4) is 0 Å². The summed E-state index contributed by atoms with van der Waals surface area (Å²) in [5.41, 5.74) is 0.675. The Bertz CT molecular complexity index is 797. The molecule has 1 unspecified atom stereocenters. The molecule has 2 aromatic carbocycles. The second-order valence-electron chi connectivity index (χ2n) is 5.16. The molecule has 0 aliphatic carbocycles. The minimum atomic E-state index is -1.59. The van der Waals surface area contributed by atoms with Crippen LogP contribution in [0.25, 0.3) is 5.57 Å². The highest BCUT2D eigenvalue weighted by molar-refractivity contribution is 5.80. The van der Waals surface area contributed by atoms with Gasteiger partial charge in [-0.2, -0.15) is 10.5 Å². The smallest absolute Gasteiger partial charge is 0.268 e. The van der Waals surface area contributed by atoms with E-state index in [0.717, 1.165) is 16.9 Å². The zero-order chi connectivity index (χ0) is 16.3. The van der Waals surface area contributed by atoms with Crippen molar-refractivity contribution in [3.63, 3.8) is 0 Å². The van der Waals surface area contributed by atoms with Gasteiger partial charge in [0.2, 0.25) is 0 Å². The highest BCUT2D eigenvalue weighted by Crippen LogP contribution is 2.43. The number of ether oxygens (including phenoxy) is 2. The first-order valence-electron chi connectivity index (χ1n) is 7.14. The molecule has 0 fully saturated rings. The predicted molar refractivity (Wildman–Crippen MR) is 85.2 cm³/mol. The van der Waals surface area contributed by atoms with Crippen LogP contribution in [0.4, 0.5) is 0 Å². The molecule has 1 aliphatic heterocycles. The van der Waals surface area contributed by atoms with Crippen molar-refractivity contribution in [2.75, 3.05) is 7.11 Å². The van der Waals surface area contributed by atoms with E-state index in [-0.39, 0.29) is 0 Å². The molecule has 0 amide bonds. The van der Waals surface area contributed by atoms with E-state index < -0.39 is 11.7 Å². The van der Waals surface area contributed by atoms with E-state index in [4.69, 9.17) is 9.47 Å². The van der Waals surface area contributed by atoms with Crippen LogP contribution in [-0.2, 0) is 4.74 Å². The molecular weight excluding hydrogens is 288 g/mol. The number of benzene rings is 2. The summed E-state index contributed by atoms with van der Waals surface area (Å²) in [6.45, 7) is 0. The Labute approximate surface area is 134 Å². The lowest BCUT2D eigenvalue weighted by atomic mass is 9.91. The molecule has 2 aromatic rings. The molecule has 112 valence electrons. The molecular formula is C19H14N2O2. The molecule has 0 saturated carbocycles. The standard InChI is InChI=1S/C19H14N2O2/c1-22-16-9-7-15(8-10-16)18-11-17(14-5-3-2-4-6-14)19(12-20,13-21)23-18/h2-11,18H,1H3. The minimum Gasteiger partial charge on any atom is -0.497 e. The third-order valence-corrected chi connectivity index (χ3v) is 3.85. The second-order valence-corrected chi connectivity index (χ2v) is 5.16. The number of nitrogens with zero attached hydrogens (tertiary/aromatic N) is 2. The largest absolute Gasteiger partial charge is 0.497 e. The van der Waals surface area contributed by atoms with Gasteiger partial charge in [0.15, 0.2) is 0 Å². The summed E-state index contributed by atoms with van der Waals surface area (Å²) in [6, 6.07) is 20.8. The van der Waals surface area contributed by atoms with Gasteiger partial charge in [-0.3, -0.25) is 0 Å². The first kappa shape index (κ1) is 14.8. The van der Waals surface area contributed by atoms with E-state index in [2.05, 4.69) is 0 Å². The van der Waals surface area contributed by atoms with Crippen LogP contribution < -0.4 is 4.74 Å². The third kappa shape index (κ3) is 2.57. The fourth-order valence-corrected chi connectivity index (χ4v) is 2.63. The first-order valence-corrected chi connectivity index (χ1v) is 7.14. The van der Waals surface area contributed by atoms with Crippen molar-refractivity contribution in [3.05, 3.63) is 71.8 Å². The van der Waals surface area contributed by atoms with E-state index >= 15 is 0 Å². The SMILES string of the molecule is COc1ccc(C2C=C(c3ccccc3)C(C#N)(C#N)O2)cc1. The van der Waals surface area contributed by atoms with Gasteiger partial charge in [-0.1, -0.05) is 42.5 Å². The van der Waals surface area contributed by atoms with Gasteiger partial charge in [-0.25, -0.2) is 0 Å². The quantitative estimate of drug-likeness (QED) is 0.868. The summed E-state index contributed by atoms with van der Waals surface area (Å²) >= 11 is 0. The Morgan fingerprint density at radius 2 is 1.65 bits per heavy atom. The van der Waals surface area contributed by atoms with Crippen LogP contribution in [0.5, 0.6) is 5.75 Å². The molecule has 1 heterocycles. The van der Waals surface area contributed by atoms with Crippen LogP contribution in [-0.4, -0.2) is 12.7 Å². The van der Waals surface area contributed by atoms with Crippen molar-refractivity contribution in [3.8, 4) is 17.9 Å². The lowest BCUT2D eigenvalue weighted by Gasteiger charge is -2.18. The molecule has 23 heavy (non-hydrogen) atoms. The van der Waals surface area contributed by atoms with E-state index in [1.165, 1.54) is 0 Å². The molecule has 0 spiro atoms. The van der Waals surface area contributed by atoms with Crippen molar-refractivity contribution in [2.45, 2.75) is 11.7 Å². The average molecular weight is 302 g/mol. The van der Waals surface area contributed by atoms with E-state index in [1.54, 1.807) is 7.11 Å². The molecule has 0 radical (unpaired) electrons. The van der Waals surface area contributed by atoms with E-state index in [0.29, 0.717) is 5.57 Å². The Morgan fingerprint density at radius 1 is 1.00 bits per heavy atom. The van der Waals surface area contributed by atoms with Crippen molar-refractivity contribution in [1.82, 2.24) is 0 Å². The van der Waals surface area contributed by atoms with Crippen molar-refractivity contribution in [1.29, 1.82) is 10.5 Å².